The minimum atomic E-state index is -0.739. The van der Waals surface area contributed by atoms with E-state index in [0.29, 0.717) is 23.7 Å². The highest BCUT2D eigenvalue weighted by Gasteiger charge is 2.37. The molecule has 1 heterocycles. The Kier molecular flexibility index (Phi) is 6.43. The number of ether oxygens (including phenoxy) is 3. The second kappa shape index (κ2) is 9.19. The number of nitriles is 1. The van der Waals surface area contributed by atoms with Crippen LogP contribution in [0.25, 0.3) is 0 Å². The van der Waals surface area contributed by atoms with Gasteiger partial charge in [-0.15, -0.1) is 0 Å². The van der Waals surface area contributed by atoms with E-state index < -0.39 is 11.9 Å². The molecule has 6 heteroatoms. The minimum absolute atomic E-state index is 0.0264. The summed E-state index contributed by atoms with van der Waals surface area (Å²) in [6.45, 7) is 5.93. The van der Waals surface area contributed by atoms with Gasteiger partial charge in [-0.3, -0.25) is 0 Å². The molecule has 1 aliphatic heterocycles. The molecule has 3 rings (SSSR count). The number of hydrogen-bond donors (Lipinski definition) is 1. The third-order valence-electron chi connectivity index (χ3n) is 4.81. The number of nitrogens with zero attached hydrogens (tertiary/aromatic N) is 1. The Labute approximate surface area is 176 Å². The van der Waals surface area contributed by atoms with Crippen LogP contribution in [0.2, 0.25) is 0 Å². The van der Waals surface area contributed by atoms with Crippen molar-refractivity contribution < 1.29 is 19.0 Å². The molecule has 0 spiro atoms. The predicted octanol–water partition coefficient (Wildman–Crippen LogP) is 4.22. The zero-order valence-electron chi connectivity index (χ0n) is 17.3. The first kappa shape index (κ1) is 21.0. The van der Waals surface area contributed by atoms with Gasteiger partial charge in [0.15, 0.2) is 0 Å². The quantitative estimate of drug-likeness (QED) is 0.725. The van der Waals surface area contributed by atoms with Crippen LogP contribution >= 0.6 is 0 Å². The summed E-state index contributed by atoms with van der Waals surface area (Å²) in [5.74, 6) is -0.448. The molecule has 154 valence electrons. The fourth-order valence-electron chi connectivity index (χ4n) is 3.48. The van der Waals surface area contributed by atoms with Crippen molar-refractivity contribution in [3.8, 4) is 11.8 Å². The largest absolute Gasteiger partial charge is 0.489 e. The Hall–Kier alpha value is -3.72. The molecule has 0 bridgehead atoms. The Morgan fingerprint density at radius 2 is 1.97 bits per heavy atom. The molecule has 1 unspecified atom stereocenters. The van der Waals surface area contributed by atoms with Crippen molar-refractivity contribution >= 4 is 5.97 Å². The van der Waals surface area contributed by atoms with E-state index in [1.165, 1.54) is 0 Å². The Morgan fingerprint density at radius 1 is 1.20 bits per heavy atom. The smallest absolute Gasteiger partial charge is 0.338 e. The Morgan fingerprint density at radius 3 is 2.67 bits per heavy atom. The van der Waals surface area contributed by atoms with E-state index in [4.69, 9.17) is 19.9 Å². The van der Waals surface area contributed by atoms with Gasteiger partial charge in [0.1, 0.15) is 29.8 Å². The number of rotatable bonds is 6. The number of nitrogens with two attached hydrogens (primary N) is 1. The molecular formula is C24H24N2O4. The Balaban J connectivity index is 2.03. The fraction of sp³-hybridized carbons (Fsp3) is 0.250. The zero-order valence-corrected chi connectivity index (χ0v) is 17.3. The van der Waals surface area contributed by atoms with Crippen molar-refractivity contribution in [1.82, 2.24) is 0 Å². The summed E-state index contributed by atoms with van der Waals surface area (Å²) >= 11 is 0. The second-order valence-electron chi connectivity index (χ2n) is 6.93. The maximum Gasteiger partial charge on any atom is 0.338 e. The molecule has 1 atom stereocenters. The first-order valence-corrected chi connectivity index (χ1v) is 9.69. The van der Waals surface area contributed by atoms with E-state index in [1.54, 1.807) is 13.8 Å². The molecule has 0 fully saturated rings. The monoisotopic (exact) mass is 404 g/mol. The Bertz CT molecular complexity index is 1060. The van der Waals surface area contributed by atoms with E-state index in [2.05, 4.69) is 6.07 Å². The predicted molar refractivity (Wildman–Crippen MR) is 112 cm³/mol. The van der Waals surface area contributed by atoms with Crippen LogP contribution in [0.4, 0.5) is 0 Å². The average molecular weight is 404 g/mol. The molecule has 0 amide bonds. The van der Waals surface area contributed by atoms with Crippen LogP contribution in [-0.4, -0.2) is 12.6 Å². The lowest BCUT2D eigenvalue weighted by Crippen LogP contribution is -2.26. The summed E-state index contributed by atoms with van der Waals surface area (Å²) in [7, 11) is 0. The molecule has 30 heavy (non-hydrogen) atoms. The van der Waals surface area contributed by atoms with Gasteiger partial charge in [0.25, 0.3) is 0 Å². The highest BCUT2D eigenvalue weighted by atomic mass is 16.5. The van der Waals surface area contributed by atoms with E-state index >= 15 is 0 Å². The number of allylic oxidation sites excluding steroid dienone is 2. The SMILES string of the molecule is CCOC(=O)C1=C(C)OC(N)=C(C#N)C1c1ccccc1OCc1cccc(C)c1. The molecule has 0 saturated carbocycles. The molecule has 2 aromatic rings. The van der Waals surface area contributed by atoms with Crippen LogP contribution in [0.5, 0.6) is 5.75 Å². The third kappa shape index (κ3) is 4.31. The van der Waals surface area contributed by atoms with Crippen molar-refractivity contribution in [1.29, 1.82) is 5.26 Å². The van der Waals surface area contributed by atoms with Gasteiger partial charge in [0, 0.05) is 5.56 Å². The van der Waals surface area contributed by atoms with Crippen molar-refractivity contribution in [3.05, 3.63) is 88.0 Å². The number of esters is 1. The average Bonchev–Trinajstić information content (AvgIpc) is 2.72. The first-order valence-electron chi connectivity index (χ1n) is 9.69. The first-order chi connectivity index (χ1) is 14.5. The van der Waals surface area contributed by atoms with Gasteiger partial charge in [0.2, 0.25) is 5.88 Å². The van der Waals surface area contributed by atoms with Gasteiger partial charge in [-0.2, -0.15) is 5.26 Å². The maximum absolute atomic E-state index is 12.7. The van der Waals surface area contributed by atoms with E-state index in [-0.39, 0.29) is 23.6 Å². The highest BCUT2D eigenvalue weighted by molar-refractivity contribution is 5.92. The van der Waals surface area contributed by atoms with Crippen LogP contribution in [0, 0.1) is 18.3 Å². The zero-order chi connectivity index (χ0) is 21.7. The lowest BCUT2D eigenvalue weighted by Gasteiger charge is -2.28. The van der Waals surface area contributed by atoms with Crippen molar-refractivity contribution in [2.75, 3.05) is 6.61 Å². The molecule has 1 aliphatic rings. The standard InChI is InChI=1S/C24H24N2O4/c1-4-28-24(27)21-16(3)30-23(26)19(13-25)22(21)18-10-5-6-11-20(18)29-14-17-9-7-8-15(2)12-17/h5-12,22H,4,14,26H2,1-3H3. The lowest BCUT2D eigenvalue weighted by atomic mass is 9.82. The van der Waals surface area contributed by atoms with Crippen molar-refractivity contribution in [2.45, 2.75) is 33.3 Å². The number of para-hydroxylation sites is 1. The van der Waals surface area contributed by atoms with Crippen LogP contribution in [0.15, 0.2) is 71.3 Å². The van der Waals surface area contributed by atoms with Gasteiger partial charge in [0.05, 0.1) is 18.1 Å². The fourth-order valence-corrected chi connectivity index (χ4v) is 3.48. The summed E-state index contributed by atoms with van der Waals surface area (Å²) in [5.41, 5.74) is 9.18. The minimum Gasteiger partial charge on any atom is -0.489 e. The molecule has 2 N–H and O–H groups in total. The van der Waals surface area contributed by atoms with Gasteiger partial charge < -0.3 is 19.9 Å². The van der Waals surface area contributed by atoms with Gasteiger partial charge >= 0.3 is 5.97 Å². The summed E-state index contributed by atoms with van der Waals surface area (Å²) in [6, 6.07) is 17.4. The second-order valence-corrected chi connectivity index (χ2v) is 6.93. The molecular weight excluding hydrogens is 380 g/mol. The molecule has 0 aromatic heterocycles. The third-order valence-corrected chi connectivity index (χ3v) is 4.81. The van der Waals surface area contributed by atoms with Gasteiger partial charge in [-0.25, -0.2) is 4.79 Å². The number of hydrogen-bond acceptors (Lipinski definition) is 6. The van der Waals surface area contributed by atoms with E-state index in [9.17, 15) is 10.1 Å². The molecule has 0 radical (unpaired) electrons. The summed E-state index contributed by atoms with van der Waals surface area (Å²) < 4.78 is 16.8. The summed E-state index contributed by atoms with van der Waals surface area (Å²) in [6.07, 6.45) is 0. The molecule has 2 aromatic carbocycles. The van der Waals surface area contributed by atoms with Crippen LogP contribution in [-0.2, 0) is 20.9 Å². The number of carbonyl (C=O) groups is 1. The molecule has 6 nitrogen and oxygen atoms in total. The van der Waals surface area contributed by atoms with E-state index in [0.717, 1.165) is 11.1 Å². The highest BCUT2D eigenvalue weighted by Crippen LogP contribution is 2.43. The van der Waals surface area contributed by atoms with Crippen LogP contribution < -0.4 is 10.5 Å². The van der Waals surface area contributed by atoms with Crippen LogP contribution in [0.1, 0.15) is 36.5 Å². The summed E-state index contributed by atoms with van der Waals surface area (Å²) in [4.78, 5) is 12.7. The van der Waals surface area contributed by atoms with E-state index in [1.807, 2.05) is 55.5 Å². The topological polar surface area (TPSA) is 94.6 Å². The van der Waals surface area contributed by atoms with Gasteiger partial charge in [-0.1, -0.05) is 48.0 Å². The maximum atomic E-state index is 12.7. The van der Waals surface area contributed by atoms with Crippen LogP contribution in [0.3, 0.4) is 0 Å². The van der Waals surface area contributed by atoms with Crippen molar-refractivity contribution in [2.24, 2.45) is 5.73 Å². The van der Waals surface area contributed by atoms with Crippen molar-refractivity contribution in [3.63, 3.8) is 0 Å². The van der Waals surface area contributed by atoms with Gasteiger partial charge in [-0.05, 0) is 32.4 Å². The molecule has 0 aliphatic carbocycles. The normalized spacial score (nSPS) is 16.0. The lowest BCUT2D eigenvalue weighted by molar-refractivity contribution is -0.139. The number of carbonyl (C=O) groups excluding carboxylic acids is 1. The molecule has 0 saturated heterocycles. The number of benzene rings is 2. The number of aryl methyl sites for hydroxylation is 1. The summed E-state index contributed by atoms with van der Waals surface area (Å²) in [5, 5.41) is 9.75.